The molecule has 98 valence electrons. The van der Waals surface area contributed by atoms with E-state index in [4.69, 9.17) is 11.0 Å². The van der Waals surface area contributed by atoms with E-state index in [9.17, 15) is 8.78 Å². The van der Waals surface area contributed by atoms with Gasteiger partial charge in [-0.2, -0.15) is 5.26 Å². The van der Waals surface area contributed by atoms with Crippen molar-refractivity contribution in [1.29, 1.82) is 5.26 Å². The van der Waals surface area contributed by atoms with Crippen LogP contribution in [-0.2, 0) is 0 Å². The van der Waals surface area contributed by atoms with Gasteiger partial charge < -0.3 is 10.7 Å². The zero-order valence-electron chi connectivity index (χ0n) is 10.1. The number of nitrogens with two attached hydrogens (primary N) is 1. The number of aromatic nitrogens is 2. The van der Waals surface area contributed by atoms with E-state index in [2.05, 4.69) is 9.97 Å². The van der Waals surface area contributed by atoms with Crippen molar-refractivity contribution < 1.29 is 8.78 Å². The summed E-state index contributed by atoms with van der Waals surface area (Å²) in [6.07, 6.45) is 2.68. The minimum Gasteiger partial charge on any atom is -0.396 e. The highest BCUT2D eigenvalue weighted by Crippen LogP contribution is 2.32. The standard InChI is InChI=1S/C14H8F2N4/c15-8-2-10-11(6-20-14(10)19-5-8)9-3-13(18)12(16)1-7(9)4-17/h1-3,5-6H,18H2,(H,19,20). The summed E-state index contributed by atoms with van der Waals surface area (Å²) in [7, 11) is 0. The molecule has 0 fully saturated rings. The molecule has 2 aromatic heterocycles. The van der Waals surface area contributed by atoms with E-state index in [-0.39, 0.29) is 11.3 Å². The number of H-pyrrole nitrogens is 1. The van der Waals surface area contributed by atoms with Crippen LogP contribution in [0.15, 0.2) is 30.6 Å². The molecule has 2 heterocycles. The van der Waals surface area contributed by atoms with Gasteiger partial charge in [0.2, 0.25) is 0 Å². The van der Waals surface area contributed by atoms with E-state index in [1.807, 2.05) is 6.07 Å². The maximum Gasteiger partial charge on any atom is 0.147 e. The van der Waals surface area contributed by atoms with E-state index < -0.39 is 11.6 Å². The van der Waals surface area contributed by atoms with E-state index in [0.717, 1.165) is 12.3 Å². The molecule has 0 saturated heterocycles. The Kier molecular flexibility index (Phi) is 2.61. The highest BCUT2D eigenvalue weighted by molar-refractivity contribution is 5.95. The van der Waals surface area contributed by atoms with Gasteiger partial charge in [0.15, 0.2) is 0 Å². The first kappa shape index (κ1) is 12.1. The lowest BCUT2D eigenvalue weighted by Crippen LogP contribution is -1.94. The molecule has 3 N–H and O–H groups in total. The second-order valence-corrected chi connectivity index (χ2v) is 4.28. The smallest absolute Gasteiger partial charge is 0.147 e. The monoisotopic (exact) mass is 270 g/mol. The topological polar surface area (TPSA) is 78.5 Å². The van der Waals surface area contributed by atoms with Gasteiger partial charge in [0.05, 0.1) is 23.5 Å². The first-order chi connectivity index (χ1) is 9.60. The minimum atomic E-state index is -0.658. The zero-order chi connectivity index (χ0) is 14.3. The molecule has 0 aliphatic heterocycles. The molecule has 20 heavy (non-hydrogen) atoms. The SMILES string of the molecule is N#Cc1cc(F)c(N)cc1-c1c[nH]c2ncc(F)cc12. The van der Waals surface area contributed by atoms with Crippen molar-refractivity contribution in [2.75, 3.05) is 5.73 Å². The second kappa shape index (κ2) is 4.31. The lowest BCUT2D eigenvalue weighted by atomic mass is 9.99. The Bertz CT molecular complexity index is 861. The Morgan fingerprint density at radius 1 is 1.20 bits per heavy atom. The molecular weight excluding hydrogens is 262 g/mol. The zero-order valence-corrected chi connectivity index (χ0v) is 10.1. The van der Waals surface area contributed by atoms with Gasteiger partial charge in [-0.1, -0.05) is 0 Å². The summed E-state index contributed by atoms with van der Waals surface area (Å²) in [5, 5.41) is 9.61. The van der Waals surface area contributed by atoms with Crippen LogP contribution in [0.4, 0.5) is 14.5 Å². The van der Waals surface area contributed by atoms with Crippen molar-refractivity contribution in [2.24, 2.45) is 0 Å². The largest absolute Gasteiger partial charge is 0.396 e. The van der Waals surface area contributed by atoms with Crippen molar-refractivity contribution >= 4 is 16.7 Å². The minimum absolute atomic E-state index is 0.0716. The highest BCUT2D eigenvalue weighted by Gasteiger charge is 2.14. The normalized spacial score (nSPS) is 10.7. The number of nitrogens with one attached hydrogen (secondary N) is 1. The number of fused-ring (bicyclic) bond motifs is 1. The summed E-state index contributed by atoms with van der Waals surface area (Å²) in [5.41, 5.74) is 7.06. The Hall–Kier alpha value is -2.94. The Morgan fingerprint density at radius 3 is 2.75 bits per heavy atom. The number of hydrogen-bond acceptors (Lipinski definition) is 3. The third-order valence-corrected chi connectivity index (χ3v) is 3.05. The van der Waals surface area contributed by atoms with E-state index in [0.29, 0.717) is 22.2 Å². The molecule has 1 aromatic carbocycles. The molecule has 0 atom stereocenters. The van der Waals surface area contributed by atoms with Gasteiger partial charge in [-0.3, -0.25) is 0 Å². The van der Waals surface area contributed by atoms with Gasteiger partial charge >= 0.3 is 0 Å². The predicted molar refractivity (Wildman–Crippen MR) is 70.6 cm³/mol. The molecule has 0 bridgehead atoms. The molecule has 6 heteroatoms. The Balaban J connectivity index is 2.34. The number of anilines is 1. The van der Waals surface area contributed by atoms with Crippen LogP contribution in [0.2, 0.25) is 0 Å². The molecule has 0 unspecified atom stereocenters. The van der Waals surface area contributed by atoms with Crippen molar-refractivity contribution in [2.45, 2.75) is 0 Å². The summed E-state index contributed by atoms with van der Waals surface area (Å²) >= 11 is 0. The van der Waals surface area contributed by atoms with Gasteiger partial charge in [-0.05, 0) is 18.2 Å². The van der Waals surface area contributed by atoms with E-state index in [1.54, 1.807) is 6.20 Å². The molecule has 0 saturated carbocycles. The van der Waals surface area contributed by atoms with Crippen LogP contribution in [-0.4, -0.2) is 9.97 Å². The fourth-order valence-corrected chi connectivity index (χ4v) is 2.11. The number of hydrogen-bond donors (Lipinski definition) is 2. The molecule has 4 nitrogen and oxygen atoms in total. The number of rotatable bonds is 1. The Morgan fingerprint density at radius 2 is 2.00 bits per heavy atom. The number of benzene rings is 1. The summed E-state index contributed by atoms with van der Waals surface area (Å²) in [6, 6.07) is 5.64. The van der Waals surface area contributed by atoms with Crippen LogP contribution in [0.5, 0.6) is 0 Å². The first-order valence-corrected chi connectivity index (χ1v) is 5.72. The van der Waals surface area contributed by atoms with Crippen LogP contribution in [0.25, 0.3) is 22.2 Å². The summed E-state index contributed by atoms with van der Waals surface area (Å²) in [5.74, 6) is -1.15. The summed E-state index contributed by atoms with van der Waals surface area (Å²) < 4.78 is 26.7. The van der Waals surface area contributed by atoms with Crippen LogP contribution >= 0.6 is 0 Å². The quantitative estimate of drug-likeness (QED) is 0.667. The summed E-state index contributed by atoms with van der Waals surface area (Å²) in [4.78, 5) is 6.78. The third-order valence-electron chi connectivity index (χ3n) is 3.05. The van der Waals surface area contributed by atoms with Gasteiger partial charge in [0.25, 0.3) is 0 Å². The lowest BCUT2D eigenvalue weighted by molar-refractivity contribution is 0.624. The van der Waals surface area contributed by atoms with Crippen LogP contribution in [0, 0.1) is 23.0 Å². The molecule has 0 aliphatic rings. The van der Waals surface area contributed by atoms with Crippen molar-refractivity contribution in [1.82, 2.24) is 9.97 Å². The average molecular weight is 270 g/mol. The third kappa shape index (κ3) is 1.77. The summed E-state index contributed by atoms with van der Waals surface area (Å²) in [6.45, 7) is 0. The van der Waals surface area contributed by atoms with Gasteiger partial charge in [-0.15, -0.1) is 0 Å². The number of halogens is 2. The molecule has 0 spiro atoms. The first-order valence-electron chi connectivity index (χ1n) is 5.72. The Labute approximate surface area is 112 Å². The van der Waals surface area contributed by atoms with Crippen molar-refractivity contribution in [3.05, 3.63) is 47.8 Å². The fraction of sp³-hybridized carbons (Fsp3) is 0. The van der Waals surface area contributed by atoms with Gasteiger partial charge in [0, 0.05) is 22.7 Å². The predicted octanol–water partition coefficient (Wildman–Crippen LogP) is 2.96. The maximum absolute atomic E-state index is 13.4. The molecule has 0 amide bonds. The van der Waals surface area contributed by atoms with Crippen LogP contribution in [0.1, 0.15) is 5.56 Å². The molecule has 3 aromatic rings. The van der Waals surface area contributed by atoms with Gasteiger partial charge in [0.1, 0.15) is 17.3 Å². The van der Waals surface area contributed by atoms with Gasteiger partial charge in [-0.25, -0.2) is 13.8 Å². The van der Waals surface area contributed by atoms with Crippen molar-refractivity contribution in [3.8, 4) is 17.2 Å². The van der Waals surface area contributed by atoms with Crippen molar-refractivity contribution in [3.63, 3.8) is 0 Å². The molecule has 3 rings (SSSR count). The average Bonchev–Trinajstić information content (AvgIpc) is 2.84. The number of pyridine rings is 1. The van der Waals surface area contributed by atoms with E-state index >= 15 is 0 Å². The van der Waals surface area contributed by atoms with E-state index in [1.165, 1.54) is 12.1 Å². The maximum atomic E-state index is 13.4. The molecule has 0 radical (unpaired) electrons. The highest BCUT2D eigenvalue weighted by atomic mass is 19.1. The number of aromatic amines is 1. The lowest BCUT2D eigenvalue weighted by Gasteiger charge is -2.05. The molecule has 0 aliphatic carbocycles. The number of nitriles is 1. The molecular formula is C14H8F2N4. The number of nitrogen functional groups attached to an aromatic ring is 1. The number of nitrogens with zero attached hydrogens (tertiary/aromatic N) is 2. The van der Waals surface area contributed by atoms with Crippen LogP contribution < -0.4 is 5.73 Å². The van der Waals surface area contributed by atoms with Crippen LogP contribution in [0.3, 0.4) is 0 Å². The second-order valence-electron chi connectivity index (χ2n) is 4.28. The fourth-order valence-electron chi connectivity index (χ4n) is 2.11.